The number of nitrogens with zero attached hydrogens (tertiary/aromatic N) is 3. The first-order valence-corrected chi connectivity index (χ1v) is 6.44. The van der Waals surface area contributed by atoms with E-state index in [1.165, 1.54) is 0 Å². The molecule has 1 aromatic heterocycles. The van der Waals surface area contributed by atoms with Crippen molar-refractivity contribution in [3.8, 4) is 0 Å². The second-order valence-electron chi connectivity index (χ2n) is 4.59. The molecule has 8 heteroatoms. The normalized spacial score (nSPS) is 9.80. The Morgan fingerprint density at radius 3 is 2.65 bits per heavy atom. The summed E-state index contributed by atoms with van der Waals surface area (Å²) in [6, 6.07) is 0. The van der Waals surface area contributed by atoms with Gasteiger partial charge in [-0.15, -0.1) is 35.0 Å². The predicted molar refractivity (Wildman–Crippen MR) is 84.8 cm³/mol. The van der Waals surface area contributed by atoms with Crippen molar-refractivity contribution >= 4 is 30.7 Å². The molecule has 1 rings (SSSR count). The van der Waals surface area contributed by atoms with E-state index in [4.69, 9.17) is 0 Å². The second kappa shape index (κ2) is 11.9. The Hall–Kier alpha value is -0.850. The third-order valence-corrected chi connectivity index (χ3v) is 2.67. The second-order valence-corrected chi connectivity index (χ2v) is 4.59. The Balaban J connectivity index is 0. The highest BCUT2D eigenvalue weighted by Crippen LogP contribution is 2.09. The van der Waals surface area contributed by atoms with Crippen molar-refractivity contribution < 1.29 is 4.79 Å². The summed E-state index contributed by atoms with van der Waals surface area (Å²) in [5.41, 5.74) is 0. The van der Waals surface area contributed by atoms with Gasteiger partial charge in [-0.2, -0.15) is 0 Å². The largest absolute Gasteiger partial charge is 0.354 e. The monoisotopic (exact) mass is 325 g/mol. The van der Waals surface area contributed by atoms with E-state index in [0.29, 0.717) is 18.9 Å². The number of halogens is 2. The third kappa shape index (κ3) is 7.67. The molecule has 0 aromatic carbocycles. The van der Waals surface area contributed by atoms with Gasteiger partial charge in [0.2, 0.25) is 5.91 Å². The number of rotatable bonds is 8. The van der Waals surface area contributed by atoms with Crippen molar-refractivity contribution in [2.24, 2.45) is 0 Å². The number of carbonyl (C=O) groups excluding carboxylic acids is 1. The van der Waals surface area contributed by atoms with Crippen molar-refractivity contribution in [1.29, 1.82) is 0 Å². The standard InChI is InChI=1S/C12H23N5O.2ClH/c1-10(2)12-16-15-9-17(12)8-7-14-11(18)5-4-6-13-3;;/h9-10,13H,4-8H2,1-3H3,(H,14,18);2*1H. The van der Waals surface area contributed by atoms with E-state index in [0.717, 1.165) is 25.3 Å². The van der Waals surface area contributed by atoms with Crippen LogP contribution in [0.3, 0.4) is 0 Å². The highest BCUT2D eigenvalue weighted by Gasteiger charge is 2.08. The van der Waals surface area contributed by atoms with Gasteiger partial charge in [0.1, 0.15) is 12.2 Å². The minimum atomic E-state index is 0. The topological polar surface area (TPSA) is 71.8 Å². The Kier molecular flexibility index (Phi) is 12.8. The first-order chi connectivity index (χ1) is 8.65. The number of aromatic nitrogens is 3. The molecule has 0 aliphatic rings. The zero-order valence-corrected chi connectivity index (χ0v) is 13.9. The number of hydrogen-bond acceptors (Lipinski definition) is 4. The van der Waals surface area contributed by atoms with E-state index in [2.05, 4.69) is 34.7 Å². The molecule has 0 bridgehead atoms. The number of hydrogen-bond donors (Lipinski definition) is 2. The Morgan fingerprint density at radius 2 is 2.05 bits per heavy atom. The highest BCUT2D eigenvalue weighted by molar-refractivity contribution is 5.85. The number of nitrogens with one attached hydrogen (secondary N) is 2. The van der Waals surface area contributed by atoms with Gasteiger partial charge in [0, 0.05) is 25.4 Å². The molecule has 118 valence electrons. The van der Waals surface area contributed by atoms with E-state index in [1.807, 2.05) is 11.6 Å². The van der Waals surface area contributed by atoms with Crippen LogP contribution in [0.25, 0.3) is 0 Å². The fourth-order valence-electron chi connectivity index (χ4n) is 1.71. The van der Waals surface area contributed by atoms with Crippen molar-refractivity contribution in [3.05, 3.63) is 12.2 Å². The number of amides is 1. The molecule has 0 unspecified atom stereocenters. The molecule has 20 heavy (non-hydrogen) atoms. The van der Waals surface area contributed by atoms with Gasteiger partial charge in [-0.1, -0.05) is 13.8 Å². The van der Waals surface area contributed by atoms with Crippen LogP contribution in [0.15, 0.2) is 6.33 Å². The fraction of sp³-hybridized carbons (Fsp3) is 0.750. The number of carbonyl (C=O) groups is 1. The first-order valence-electron chi connectivity index (χ1n) is 6.44. The third-order valence-electron chi connectivity index (χ3n) is 2.67. The molecule has 2 N–H and O–H groups in total. The van der Waals surface area contributed by atoms with Crippen LogP contribution in [-0.4, -0.2) is 40.8 Å². The zero-order chi connectivity index (χ0) is 13.4. The average Bonchev–Trinajstić information content (AvgIpc) is 2.78. The van der Waals surface area contributed by atoms with Crippen LogP contribution in [0, 0.1) is 0 Å². The summed E-state index contributed by atoms with van der Waals surface area (Å²) >= 11 is 0. The van der Waals surface area contributed by atoms with Crippen LogP contribution in [0.5, 0.6) is 0 Å². The van der Waals surface area contributed by atoms with Crippen molar-refractivity contribution in [2.45, 2.75) is 39.2 Å². The van der Waals surface area contributed by atoms with Crippen LogP contribution in [0.4, 0.5) is 0 Å². The SMILES string of the molecule is CNCCCC(=O)NCCn1cnnc1C(C)C.Cl.Cl. The van der Waals surface area contributed by atoms with Gasteiger partial charge in [-0.25, -0.2) is 0 Å². The molecule has 6 nitrogen and oxygen atoms in total. The first kappa shape index (κ1) is 21.4. The maximum atomic E-state index is 11.5. The molecule has 1 aromatic rings. The molecule has 0 aliphatic carbocycles. The molecule has 0 fully saturated rings. The molecular formula is C12H25Cl2N5O. The molecule has 0 saturated carbocycles. The summed E-state index contributed by atoms with van der Waals surface area (Å²) in [6.45, 7) is 6.37. The van der Waals surface area contributed by atoms with Gasteiger partial charge >= 0.3 is 0 Å². The minimum absolute atomic E-state index is 0. The van der Waals surface area contributed by atoms with Gasteiger partial charge < -0.3 is 15.2 Å². The van der Waals surface area contributed by atoms with Gasteiger partial charge in [0.05, 0.1) is 0 Å². The smallest absolute Gasteiger partial charge is 0.220 e. The van der Waals surface area contributed by atoms with Crippen LogP contribution in [0.2, 0.25) is 0 Å². The summed E-state index contributed by atoms with van der Waals surface area (Å²) in [6.07, 6.45) is 3.15. The average molecular weight is 326 g/mol. The maximum absolute atomic E-state index is 11.5. The highest BCUT2D eigenvalue weighted by atomic mass is 35.5. The molecule has 0 radical (unpaired) electrons. The maximum Gasteiger partial charge on any atom is 0.220 e. The molecular weight excluding hydrogens is 301 g/mol. The molecule has 0 saturated heterocycles. The van der Waals surface area contributed by atoms with Gasteiger partial charge in [0.25, 0.3) is 0 Å². The van der Waals surface area contributed by atoms with Crippen LogP contribution in [-0.2, 0) is 11.3 Å². The van der Waals surface area contributed by atoms with Crippen molar-refractivity contribution in [3.63, 3.8) is 0 Å². The van der Waals surface area contributed by atoms with E-state index in [1.54, 1.807) is 6.33 Å². The van der Waals surface area contributed by atoms with Gasteiger partial charge in [0.15, 0.2) is 0 Å². The lowest BCUT2D eigenvalue weighted by atomic mass is 10.2. The fourth-order valence-corrected chi connectivity index (χ4v) is 1.71. The summed E-state index contributed by atoms with van der Waals surface area (Å²) in [5, 5.41) is 13.9. The van der Waals surface area contributed by atoms with Gasteiger partial charge in [-0.05, 0) is 20.0 Å². The van der Waals surface area contributed by atoms with Crippen LogP contribution in [0.1, 0.15) is 38.4 Å². The summed E-state index contributed by atoms with van der Waals surface area (Å²) in [5.74, 6) is 1.41. The quantitative estimate of drug-likeness (QED) is 0.708. The zero-order valence-electron chi connectivity index (χ0n) is 12.3. The summed E-state index contributed by atoms with van der Waals surface area (Å²) in [7, 11) is 1.89. The van der Waals surface area contributed by atoms with E-state index in [9.17, 15) is 4.79 Å². The lowest BCUT2D eigenvalue weighted by Crippen LogP contribution is -2.28. The summed E-state index contributed by atoms with van der Waals surface area (Å²) in [4.78, 5) is 11.5. The van der Waals surface area contributed by atoms with E-state index < -0.39 is 0 Å². The molecule has 0 atom stereocenters. The minimum Gasteiger partial charge on any atom is -0.354 e. The van der Waals surface area contributed by atoms with Crippen molar-refractivity contribution in [1.82, 2.24) is 25.4 Å². The van der Waals surface area contributed by atoms with Crippen molar-refractivity contribution in [2.75, 3.05) is 20.1 Å². The van der Waals surface area contributed by atoms with E-state index in [-0.39, 0.29) is 30.7 Å². The molecule has 0 spiro atoms. The van der Waals surface area contributed by atoms with Crippen LogP contribution < -0.4 is 10.6 Å². The predicted octanol–water partition coefficient (Wildman–Crippen LogP) is 1.36. The summed E-state index contributed by atoms with van der Waals surface area (Å²) < 4.78 is 1.98. The Labute approximate surface area is 132 Å². The lowest BCUT2D eigenvalue weighted by Gasteiger charge is -2.09. The van der Waals surface area contributed by atoms with E-state index >= 15 is 0 Å². The lowest BCUT2D eigenvalue weighted by molar-refractivity contribution is -0.121. The molecule has 0 aliphatic heterocycles. The Bertz CT molecular complexity index is 370. The van der Waals surface area contributed by atoms with Crippen LogP contribution >= 0.6 is 24.8 Å². The Morgan fingerprint density at radius 1 is 1.35 bits per heavy atom. The molecule has 1 heterocycles. The van der Waals surface area contributed by atoms with Gasteiger partial charge in [-0.3, -0.25) is 4.79 Å². The molecule has 1 amide bonds.